The molecule has 2 N–H and O–H groups in total. The van der Waals surface area contributed by atoms with Crippen molar-refractivity contribution in [3.63, 3.8) is 0 Å². The highest BCUT2D eigenvalue weighted by molar-refractivity contribution is 5.74. The highest BCUT2D eigenvalue weighted by Gasteiger charge is 2.27. The van der Waals surface area contributed by atoms with Gasteiger partial charge in [-0.05, 0) is 50.8 Å². The zero-order valence-corrected chi connectivity index (χ0v) is 16.5. The van der Waals surface area contributed by atoms with Crippen molar-refractivity contribution in [1.82, 2.24) is 15.1 Å². The lowest BCUT2D eigenvalue weighted by Crippen LogP contribution is -2.51. The molecule has 1 aliphatic rings. The van der Waals surface area contributed by atoms with Gasteiger partial charge in [0, 0.05) is 32.2 Å². The summed E-state index contributed by atoms with van der Waals surface area (Å²) >= 11 is 0. The summed E-state index contributed by atoms with van der Waals surface area (Å²) in [7, 11) is 0. The highest BCUT2D eigenvalue weighted by Crippen LogP contribution is 2.20. The van der Waals surface area contributed by atoms with Crippen molar-refractivity contribution in [2.45, 2.75) is 39.7 Å². The lowest BCUT2D eigenvalue weighted by Gasteiger charge is -2.37. The number of nitrogens with one attached hydrogen (secondary N) is 1. The topological polar surface area (TPSA) is 82.1 Å². The highest BCUT2D eigenvalue weighted by atomic mass is 16.5. The first kappa shape index (κ1) is 21.0. The number of likely N-dealkylation sites (tertiary alicyclic amines) is 1. The van der Waals surface area contributed by atoms with Crippen molar-refractivity contribution < 1.29 is 19.4 Å². The maximum absolute atomic E-state index is 11.9. The number of carboxylic acid groups (broad SMARTS) is 1. The molecular weight excluding hydrogens is 346 g/mol. The van der Waals surface area contributed by atoms with Crippen molar-refractivity contribution in [2.24, 2.45) is 0 Å². The second-order valence-corrected chi connectivity index (χ2v) is 7.04. The minimum Gasteiger partial charge on any atom is -0.492 e. The molecule has 1 aromatic rings. The van der Waals surface area contributed by atoms with Gasteiger partial charge in [-0.25, -0.2) is 4.79 Å². The van der Waals surface area contributed by atoms with Crippen LogP contribution in [0.5, 0.6) is 5.75 Å². The van der Waals surface area contributed by atoms with E-state index >= 15 is 0 Å². The molecule has 1 saturated heterocycles. The van der Waals surface area contributed by atoms with Crippen LogP contribution < -0.4 is 10.1 Å². The van der Waals surface area contributed by atoms with E-state index in [4.69, 9.17) is 4.74 Å². The lowest BCUT2D eigenvalue weighted by molar-refractivity contribution is -0.139. The summed E-state index contributed by atoms with van der Waals surface area (Å²) in [5.74, 6) is 0.00391. The number of amides is 2. The number of carbonyl (C=O) groups is 2. The van der Waals surface area contributed by atoms with E-state index in [1.54, 1.807) is 4.90 Å². The predicted molar refractivity (Wildman–Crippen MR) is 104 cm³/mol. The molecule has 7 heteroatoms. The number of ether oxygens (including phenoxy) is 1. The number of aliphatic carboxylic acids is 1. The zero-order valence-electron chi connectivity index (χ0n) is 16.5. The van der Waals surface area contributed by atoms with Crippen LogP contribution >= 0.6 is 0 Å². The van der Waals surface area contributed by atoms with Crippen LogP contribution in [0.1, 0.15) is 30.9 Å². The van der Waals surface area contributed by atoms with Gasteiger partial charge in [-0.2, -0.15) is 0 Å². The van der Waals surface area contributed by atoms with E-state index in [0.29, 0.717) is 32.8 Å². The van der Waals surface area contributed by atoms with Gasteiger partial charge < -0.3 is 20.1 Å². The van der Waals surface area contributed by atoms with Crippen LogP contribution in [0.2, 0.25) is 0 Å². The van der Waals surface area contributed by atoms with Gasteiger partial charge in [-0.1, -0.05) is 12.1 Å². The minimum absolute atomic E-state index is 0.0119. The molecule has 27 heavy (non-hydrogen) atoms. The van der Waals surface area contributed by atoms with E-state index in [9.17, 15) is 14.7 Å². The second-order valence-electron chi connectivity index (χ2n) is 7.04. The van der Waals surface area contributed by atoms with Gasteiger partial charge in [0.1, 0.15) is 12.4 Å². The standard InChI is InChI=1S/C20H31N3O4/c1-4-21-20(26)22-9-7-17(8-10-22)23(14-19(24)25)11-12-27-18-13-15(2)5-6-16(18)3/h5-6,13,17H,4,7-12,14H2,1-3H3,(H,21,26)(H,24,25). The second kappa shape index (κ2) is 10.2. The number of aryl methyl sites for hydroxylation is 2. The number of benzene rings is 1. The molecule has 1 aromatic carbocycles. The van der Waals surface area contributed by atoms with Gasteiger partial charge >= 0.3 is 12.0 Å². The molecule has 0 spiro atoms. The van der Waals surface area contributed by atoms with Gasteiger partial charge in [-0.15, -0.1) is 0 Å². The van der Waals surface area contributed by atoms with Crippen molar-refractivity contribution in [3.8, 4) is 5.75 Å². The van der Waals surface area contributed by atoms with E-state index in [1.807, 2.05) is 43.9 Å². The summed E-state index contributed by atoms with van der Waals surface area (Å²) in [6, 6.07) is 6.17. The molecule has 0 unspecified atom stereocenters. The third-order valence-electron chi connectivity index (χ3n) is 4.91. The Balaban J connectivity index is 1.89. The van der Waals surface area contributed by atoms with Crippen molar-refractivity contribution >= 4 is 12.0 Å². The molecule has 7 nitrogen and oxygen atoms in total. The lowest BCUT2D eigenvalue weighted by atomic mass is 10.0. The molecule has 2 amide bonds. The average Bonchev–Trinajstić information content (AvgIpc) is 2.64. The van der Waals surface area contributed by atoms with Crippen molar-refractivity contribution in [3.05, 3.63) is 29.3 Å². The molecule has 0 aromatic heterocycles. The smallest absolute Gasteiger partial charge is 0.317 e. The van der Waals surface area contributed by atoms with E-state index in [0.717, 1.165) is 29.7 Å². The Hall–Kier alpha value is -2.28. The van der Waals surface area contributed by atoms with E-state index in [1.165, 1.54) is 0 Å². The summed E-state index contributed by atoms with van der Waals surface area (Å²) in [4.78, 5) is 27.0. The number of hydrogen-bond donors (Lipinski definition) is 2. The molecule has 0 aliphatic carbocycles. The summed E-state index contributed by atoms with van der Waals surface area (Å²) in [6.45, 7) is 8.79. The molecule has 0 saturated carbocycles. The molecule has 1 heterocycles. The molecule has 0 atom stereocenters. The predicted octanol–water partition coefficient (Wildman–Crippen LogP) is 2.26. The number of hydrogen-bond acceptors (Lipinski definition) is 4. The Morgan fingerprint density at radius 2 is 2.00 bits per heavy atom. The van der Waals surface area contributed by atoms with Crippen LogP contribution in [0, 0.1) is 13.8 Å². The maximum atomic E-state index is 11.9. The fourth-order valence-corrected chi connectivity index (χ4v) is 3.40. The van der Waals surface area contributed by atoms with Gasteiger partial charge in [0.15, 0.2) is 0 Å². The summed E-state index contributed by atoms with van der Waals surface area (Å²) in [5.41, 5.74) is 2.20. The van der Waals surface area contributed by atoms with Gasteiger partial charge in [-0.3, -0.25) is 9.69 Å². The van der Waals surface area contributed by atoms with Crippen LogP contribution in [0.25, 0.3) is 0 Å². The third-order valence-corrected chi connectivity index (χ3v) is 4.91. The number of carbonyl (C=O) groups excluding carboxylic acids is 1. The number of piperidine rings is 1. The molecule has 2 rings (SSSR count). The quantitative estimate of drug-likeness (QED) is 0.726. The average molecular weight is 377 g/mol. The first-order valence-corrected chi connectivity index (χ1v) is 9.59. The van der Waals surface area contributed by atoms with Gasteiger partial charge in [0.25, 0.3) is 0 Å². The largest absolute Gasteiger partial charge is 0.492 e. The Labute approximate surface area is 161 Å². The fourth-order valence-electron chi connectivity index (χ4n) is 3.40. The molecule has 0 radical (unpaired) electrons. The first-order valence-electron chi connectivity index (χ1n) is 9.59. The summed E-state index contributed by atoms with van der Waals surface area (Å²) < 4.78 is 5.90. The molecule has 0 bridgehead atoms. The first-order chi connectivity index (χ1) is 12.9. The van der Waals surface area contributed by atoms with Crippen molar-refractivity contribution in [1.29, 1.82) is 0 Å². The SMILES string of the molecule is CCNC(=O)N1CCC(N(CCOc2cc(C)ccc2C)CC(=O)O)CC1. The van der Waals surface area contributed by atoms with Gasteiger partial charge in [0.05, 0.1) is 6.54 Å². The number of nitrogens with zero attached hydrogens (tertiary/aromatic N) is 2. The number of carboxylic acids is 1. The number of rotatable bonds is 8. The van der Waals surface area contributed by atoms with Crippen LogP contribution in [-0.2, 0) is 4.79 Å². The molecule has 1 aliphatic heterocycles. The van der Waals surface area contributed by atoms with Crippen LogP contribution in [-0.4, -0.2) is 72.3 Å². The van der Waals surface area contributed by atoms with E-state index in [-0.39, 0.29) is 18.6 Å². The monoisotopic (exact) mass is 377 g/mol. The number of urea groups is 1. The normalized spacial score (nSPS) is 15.0. The third kappa shape index (κ3) is 6.43. The maximum Gasteiger partial charge on any atom is 0.317 e. The van der Waals surface area contributed by atoms with Crippen LogP contribution in [0.3, 0.4) is 0 Å². The molecule has 1 fully saturated rings. The Morgan fingerprint density at radius 1 is 1.30 bits per heavy atom. The van der Waals surface area contributed by atoms with Crippen LogP contribution in [0.4, 0.5) is 4.79 Å². The Kier molecular flexibility index (Phi) is 7.91. The minimum atomic E-state index is -0.840. The summed E-state index contributed by atoms with van der Waals surface area (Å²) in [6.07, 6.45) is 1.54. The van der Waals surface area contributed by atoms with E-state index < -0.39 is 5.97 Å². The Morgan fingerprint density at radius 3 is 2.63 bits per heavy atom. The van der Waals surface area contributed by atoms with Crippen molar-refractivity contribution in [2.75, 3.05) is 39.3 Å². The van der Waals surface area contributed by atoms with E-state index in [2.05, 4.69) is 5.32 Å². The summed E-state index contributed by atoms with van der Waals surface area (Å²) in [5, 5.41) is 12.1. The van der Waals surface area contributed by atoms with Gasteiger partial charge in [0.2, 0.25) is 0 Å². The molecule has 150 valence electrons. The molecular formula is C20H31N3O4. The fraction of sp³-hybridized carbons (Fsp3) is 0.600. The zero-order chi connectivity index (χ0) is 19.8. The Bertz CT molecular complexity index is 642. The van der Waals surface area contributed by atoms with Crippen LogP contribution in [0.15, 0.2) is 18.2 Å².